The third kappa shape index (κ3) is 2.80. The molecule has 0 atom stereocenters. The molecule has 0 saturated carbocycles. The largest absolute Gasteiger partial charge is 0.387 e. The van der Waals surface area contributed by atoms with Gasteiger partial charge in [-0.2, -0.15) is 5.10 Å². The highest BCUT2D eigenvalue weighted by Crippen LogP contribution is 2.35. The van der Waals surface area contributed by atoms with Gasteiger partial charge in [0, 0.05) is 42.5 Å². The molecule has 28 heavy (non-hydrogen) atoms. The van der Waals surface area contributed by atoms with Gasteiger partial charge in [0.15, 0.2) is 5.65 Å². The van der Waals surface area contributed by atoms with Crippen molar-refractivity contribution in [3.63, 3.8) is 0 Å². The van der Waals surface area contributed by atoms with Gasteiger partial charge in [0.1, 0.15) is 10.7 Å². The molecule has 0 saturated heterocycles. The first kappa shape index (κ1) is 16.8. The van der Waals surface area contributed by atoms with Crippen LogP contribution in [0.25, 0.3) is 37.7 Å². The maximum atomic E-state index is 4.92. The molecular formula is C21H18N6S. The van der Waals surface area contributed by atoms with Crippen LogP contribution in [0.4, 0.5) is 0 Å². The molecule has 0 aliphatic carbocycles. The second-order valence-corrected chi connectivity index (χ2v) is 7.62. The minimum Gasteiger partial charge on any atom is -0.387 e. The zero-order valence-electron chi connectivity index (χ0n) is 15.5. The Morgan fingerprint density at radius 2 is 2.11 bits per heavy atom. The second kappa shape index (κ2) is 6.69. The van der Waals surface area contributed by atoms with Crippen molar-refractivity contribution in [1.29, 1.82) is 0 Å². The van der Waals surface area contributed by atoms with Crippen LogP contribution in [0.5, 0.6) is 0 Å². The number of dihydropyridines is 1. The van der Waals surface area contributed by atoms with Crippen LogP contribution < -0.4 is 5.32 Å². The van der Waals surface area contributed by atoms with Crippen molar-refractivity contribution in [3.8, 4) is 21.1 Å². The molecule has 4 aromatic rings. The number of thiazole rings is 1. The fourth-order valence-corrected chi connectivity index (χ4v) is 4.37. The normalized spacial score (nSPS) is 13.6. The first-order valence-corrected chi connectivity index (χ1v) is 9.85. The van der Waals surface area contributed by atoms with Gasteiger partial charge < -0.3 is 5.32 Å². The molecule has 138 valence electrons. The van der Waals surface area contributed by atoms with E-state index in [0.717, 1.165) is 55.7 Å². The molecule has 5 rings (SSSR count). The van der Waals surface area contributed by atoms with Crippen LogP contribution in [0, 0.1) is 6.92 Å². The van der Waals surface area contributed by atoms with Gasteiger partial charge in [-0.25, -0.2) is 14.6 Å². The number of nitrogens with one attached hydrogen (secondary N) is 1. The Labute approximate surface area is 166 Å². The number of fused-ring (bicyclic) bond motifs is 1. The summed E-state index contributed by atoms with van der Waals surface area (Å²) in [6.07, 6.45) is 9.76. The number of allylic oxidation sites excluding steroid dienone is 2. The fraction of sp³-hybridized carbons (Fsp3) is 0.143. The van der Waals surface area contributed by atoms with E-state index < -0.39 is 0 Å². The molecular weight excluding hydrogens is 368 g/mol. The van der Waals surface area contributed by atoms with Crippen molar-refractivity contribution < 1.29 is 0 Å². The molecule has 0 radical (unpaired) electrons. The summed E-state index contributed by atoms with van der Waals surface area (Å²) in [5, 5.41) is 9.90. The minimum atomic E-state index is 0.812. The standard InChI is InChI=1S/C21H18N6S/c1-13-19(28-21(24-13)15-4-3-9-23-12-15)17-6-5-16-18(14-7-10-22-11-8-14)26-27(2)20(16)25-17/h3-10,12,22H,11H2,1-2H3. The fourth-order valence-electron chi connectivity index (χ4n) is 3.35. The highest BCUT2D eigenvalue weighted by molar-refractivity contribution is 7.18. The van der Waals surface area contributed by atoms with E-state index in [-0.39, 0.29) is 0 Å². The third-order valence-corrected chi connectivity index (χ3v) is 5.95. The quantitative estimate of drug-likeness (QED) is 0.577. The average molecular weight is 386 g/mol. The van der Waals surface area contributed by atoms with Gasteiger partial charge in [-0.1, -0.05) is 6.08 Å². The van der Waals surface area contributed by atoms with Crippen molar-refractivity contribution in [2.75, 3.05) is 6.54 Å². The number of aromatic nitrogens is 5. The van der Waals surface area contributed by atoms with Crippen LogP contribution in [0.15, 0.2) is 55.0 Å². The van der Waals surface area contributed by atoms with E-state index in [0.29, 0.717) is 0 Å². The lowest BCUT2D eigenvalue weighted by atomic mass is 10.1. The van der Waals surface area contributed by atoms with Crippen LogP contribution in [-0.4, -0.2) is 31.3 Å². The van der Waals surface area contributed by atoms with Crippen molar-refractivity contribution in [2.24, 2.45) is 7.05 Å². The monoisotopic (exact) mass is 386 g/mol. The lowest BCUT2D eigenvalue weighted by Crippen LogP contribution is -2.08. The second-order valence-electron chi connectivity index (χ2n) is 6.62. The van der Waals surface area contributed by atoms with Gasteiger partial charge in [0.05, 0.1) is 16.3 Å². The Morgan fingerprint density at radius 3 is 2.89 bits per heavy atom. The molecule has 5 heterocycles. The van der Waals surface area contributed by atoms with Gasteiger partial charge in [0.2, 0.25) is 0 Å². The van der Waals surface area contributed by atoms with Gasteiger partial charge in [-0.15, -0.1) is 11.3 Å². The van der Waals surface area contributed by atoms with Gasteiger partial charge in [-0.3, -0.25) is 4.98 Å². The Hall–Kier alpha value is -3.32. The molecule has 0 aromatic carbocycles. The maximum absolute atomic E-state index is 4.92. The van der Waals surface area contributed by atoms with Crippen molar-refractivity contribution in [2.45, 2.75) is 6.92 Å². The molecule has 7 heteroatoms. The van der Waals surface area contributed by atoms with Gasteiger partial charge >= 0.3 is 0 Å². The Bertz CT molecular complexity index is 1230. The van der Waals surface area contributed by atoms with Crippen molar-refractivity contribution in [3.05, 3.63) is 66.4 Å². The predicted molar refractivity (Wildman–Crippen MR) is 113 cm³/mol. The summed E-state index contributed by atoms with van der Waals surface area (Å²) in [5.74, 6) is 0. The highest BCUT2D eigenvalue weighted by atomic mass is 32.1. The number of pyridine rings is 2. The molecule has 4 aromatic heterocycles. The summed E-state index contributed by atoms with van der Waals surface area (Å²) in [6.45, 7) is 2.84. The van der Waals surface area contributed by atoms with E-state index in [1.54, 1.807) is 17.5 Å². The number of nitrogens with zero attached hydrogens (tertiary/aromatic N) is 5. The van der Waals surface area contributed by atoms with Crippen molar-refractivity contribution in [1.82, 2.24) is 30.0 Å². The SMILES string of the molecule is Cc1nc(-c2cccnc2)sc1-c1ccc2c(C3=CCNC=C3)nn(C)c2n1. The van der Waals surface area contributed by atoms with Crippen LogP contribution in [-0.2, 0) is 7.05 Å². The summed E-state index contributed by atoms with van der Waals surface area (Å²) < 4.78 is 1.85. The van der Waals surface area contributed by atoms with E-state index in [2.05, 4.69) is 28.5 Å². The molecule has 0 amide bonds. The van der Waals surface area contributed by atoms with Crippen LogP contribution >= 0.6 is 11.3 Å². The van der Waals surface area contributed by atoms with E-state index >= 15 is 0 Å². The first-order chi connectivity index (χ1) is 13.7. The smallest absolute Gasteiger partial charge is 0.158 e. The Morgan fingerprint density at radius 1 is 1.18 bits per heavy atom. The molecule has 0 fully saturated rings. The highest BCUT2D eigenvalue weighted by Gasteiger charge is 2.17. The molecule has 1 aliphatic heterocycles. The van der Waals surface area contributed by atoms with E-state index in [1.807, 2.05) is 49.3 Å². The van der Waals surface area contributed by atoms with Crippen LogP contribution in [0.2, 0.25) is 0 Å². The van der Waals surface area contributed by atoms with Gasteiger partial charge in [-0.05, 0) is 43.5 Å². The number of hydrogen-bond acceptors (Lipinski definition) is 6. The lowest BCUT2D eigenvalue weighted by Gasteiger charge is -2.06. The molecule has 1 N–H and O–H groups in total. The summed E-state index contributed by atoms with van der Waals surface area (Å²) in [7, 11) is 1.94. The third-order valence-electron chi connectivity index (χ3n) is 4.72. The molecule has 0 bridgehead atoms. The molecule has 6 nitrogen and oxygen atoms in total. The Kier molecular flexibility index (Phi) is 4.02. The van der Waals surface area contributed by atoms with E-state index in [1.165, 1.54) is 0 Å². The minimum absolute atomic E-state index is 0.812. The molecule has 0 spiro atoms. The van der Waals surface area contributed by atoms with Crippen LogP contribution in [0.3, 0.4) is 0 Å². The number of rotatable bonds is 3. The molecule has 0 unspecified atom stereocenters. The van der Waals surface area contributed by atoms with E-state index in [9.17, 15) is 0 Å². The topological polar surface area (TPSA) is 68.5 Å². The molecule has 1 aliphatic rings. The number of aryl methyl sites for hydroxylation is 2. The number of hydrogen-bond donors (Lipinski definition) is 1. The first-order valence-electron chi connectivity index (χ1n) is 9.03. The zero-order valence-corrected chi connectivity index (χ0v) is 16.4. The average Bonchev–Trinajstić information content (AvgIpc) is 3.29. The van der Waals surface area contributed by atoms with E-state index in [4.69, 9.17) is 15.1 Å². The lowest BCUT2D eigenvalue weighted by molar-refractivity contribution is 0.781. The summed E-state index contributed by atoms with van der Waals surface area (Å²) in [6, 6.07) is 8.13. The summed E-state index contributed by atoms with van der Waals surface area (Å²) in [4.78, 5) is 14.9. The maximum Gasteiger partial charge on any atom is 0.158 e. The summed E-state index contributed by atoms with van der Waals surface area (Å²) in [5.41, 5.74) is 5.87. The van der Waals surface area contributed by atoms with Crippen LogP contribution in [0.1, 0.15) is 11.4 Å². The summed E-state index contributed by atoms with van der Waals surface area (Å²) >= 11 is 1.64. The predicted octanol–water partition coefficient (Wildman–Crippen LogP) is 3.96. The zero-order chi connectivity index (χ0) is 19.1. The Balaban J connectivity index is 1.60. The van der Waals surface area contributed by atoms with Gasteiger partial charge in [0.25, 0.3) is 0 Å². The van der Waals surface area contributed by atoms with Crippen molar-refractivity contribution >= 4 is 27.9 Å².